The summed E-state index contributed by atoms with van der Waals surface area (Å²) >= 11 is 0. The molecule has 2 aliphatic heterocycles. The number of aliphatic hydroxyl groups is 1. The first-order valence-corrected chi connectivity index (χ1v) is 14.8. The predicted octanol–water partition coefficient (Wildman–Crippen LogP) is 3.87. The smallest absolute Gasteiger partial charge is 0.335 e. The number of unbranched alkanes of at least 4 members (excludes halogenated alkanes) is 2. The Morgan fingerprint density at radius 2 is 1.73 bits per heavy atom. The molecule has 2 amide bonds. The zero-order chi connectivity index (χ0) is 27.8. The van der Waals surface area contributed by atoms with Crippen LogP contribution in [0.1, 0.15) is 87.9 Å². The van der Waals surface area contributed by atoms with Gasteiger partial charge in [-0.2, -0.15) is 0 Å². The van der Waals surface area contributed by atoms with Gasteiger partial charge >= 0.3 is 5.97 Å². The van der Waals surface area contributed by atoms with E-state index in [0.29, 0.717) is 31.7 Å². The number of nitrogens with zero attached hydrogens (tertiary/aromatic N) is 2. The summed E-state index contributed by atoms with van der Waals surface area (Å²) < 4.78 is 5.74. The van der Waals surface area contributed by atoms with Gasteiger partial charge in [-0.3, -0.25) is 9.59 Å². The van der Waals surface area contributed by atoms with Crippen LogP contribution in [0.15, 0.2) is 24.3 Å². The summed E-state index contributed by atoms with van der Waals surface area (Å²) in [7, 11) is 0. The molecule has 3 N–H and O–H groups in total. The predicted molar refractivity (Wildman–Crippen MR) is 155 cm³/mol. The zero-order valence-electron chi connectivity index (χ0n) is 23.7. The molecule has 0 unspecified atom stereocenters. The van der Waals surface area contributed by atoms with Gasteiger partial charge in [-0.25, -0.2) is 4.79 Å². The van der Waals surface area contributed by atoms with E-state index >= 15 is 0 Å². The molecule has 9 nitrogen and oxygen atoms in total. The van der Waals surface area contributed by atoms with E-state index in [1.807, 2.05) is 4.90 Å². The summed E-state index contributed by atoms with van der Waals surface area (Å²) in [6.07, 6.45) is 9.13. The van der Waals surface area contributed by atoms with Gasteiger partial charge in [0.1, 0.15) is 17.3 Å². The van der Waals surface area contributed by atoms with E-state index in [4.69, 9.17) is 9.84 Å². The van der Waals surface area contributed by atoms with Crippen molar-refractivity contribution in [2.75, 3.05) is 32.8 Å². The van der Waals surface area contributed by atoms with Gasteiger partial charge in [-0.1, -0.05) is 32.6 Å². The number of likely N-dealkylation sites (tertiary alicyclic amines) is 1. The van der Waals surface area contributed by atoms with Crippen molar-refractivity contribution in [2.45, 2.75) is 95.2 Å². The molecule has 0 aromatic heterocycles. The second-order valence-corrected chi connectivity index (χ2v) is 11.4. The van der Waals surface area contributed by atoms with Gasteiger partial charge in [0.15, 0.2) is 0 Å². The van der Waals surface area contributed by atoms with E-state index in [9.17, 15) is 19.5 Å². The number of aromatic carboxylic acids is 1. The number of hydrogen-bond acceptors (Lipinski definition) is 6. The second-order valence-electron chi connectivity index (χ2n) is 11.4. The number of ether oxygens (including phenoxy) is 1. The Kier molecular flexibility index (Phi) is 12.1. The second kappa shape index (κ2) is 15.0. The van der Waals surface area contributed by atoms with Crippen molar-refractivity contribution in [3.63, 3.8) is 0 Å². The van der Waals surface area contributed by atoms with Gasteiger partial charge in [-0.05, 0) is 81.7 Å². The van der Waals surface area contributed by atoms with Crippen molar-refractivity contribution in [1.82, 2.24) is 15.1 Å². The minimum Gasteiger partial charge on any atom is -0.494 e. The molecule has 1 spiro atoms. The monoisotopic (exact) mass is 579 g/mol. The number of carboxylic acid groups (broad SMARTS) is 1. The summed E-state index contributed by atoms with van der Waals surface area (Å²) in [4.78, 5) is 42.5. The van der Waals surface area contributed by atoms with E-state index in [1.54, 1.807) is 12.1 Å². The van der Waals surface area contributed by atoms with Gasteiger partial charge in [0.2, 0.25) is 11.8 Å². The van der Waals surface area contributed by atoms with Crippen LogP contribution < -0.4 is 10.1 Å². The van der Waals surface area contributed by atoms with E-state index in [0.717, 1.165) is 71.0 Å². The number of piperidine rings is 1. The van der Waals surface area contributed by atoms with Gasteiger partial charge in [-0.15, -0.1) is 12.4 Å². The van der Waals surface area contributed by atoms with Crippen LogP contribution in [-0.4, -0.2) is 88.3 Å². The van der Waals surface area contributed by atoms with Crippen molar-refractivity contribution in [3.05, 3.63) is 29.8 Å². The molecule has 224 valence electrons. The van der Waals surface area contributed by atoms with Crippen LogP contribution in [0.3, 0.4) is 0 Å². The van der Waals surface area contributed by atoms with Gasteiger partial charge in [0.25, 0.3) is 0 Å². The first kappa shape index (κ1) is 32.2. The van der Waals surface area contributed by atoms with Gasteiger partial charge in [0.05, 0.1) is 18.3 Å². The molecule has 1 aromatic rings. The average molecular weight is 580 g/mol. The molecule has 2 atom stereocenters. The third-order valence-corrected chi connectivity index (χ3v) is 8.89. The Balaban J connectivity index is 0.00000441. The van der Waals surface area contributed by atoms with E-state index < -0.39 is 23.7 Å². The third-order valence-electron chi connectivity index (χ3n) is 8.89. The topological polar surface area (TPSA) is 119 Å². The number of benzene rings is 1. The lowest BCUT2D eigenvalue weighted by Crippen LogP contribution is -2.75. The molecule has 2 saturated heterocycles. The molecule has 3 fully saturated rings. The highest BCUT2D eigenvalue weighted by molar-refractivity contribution is 6.00. The minimum atomic E-state index is -0.953. The molecular weight excluding hydrogens is 534 g/mol. The summed E-state index contributed by atoms with van der Waals surface area (Å²) in [5.74, 6) is -0.426. The highest BCUT2D eigenvalue weighted by Gasteiger charge is 2.55. The molecule has 1 aliphatic carbocycles. The van der Waals surface area contributed by atoms with E-state index in [-0.39, 0.29) is 35.7 Å². The number of hydrogen-bond donors (Lipinski definition) is 3. The Morgan fingerprint density at radius 1 is 1.05 bits per heavy atom. The number of amides is 2. The first-order valence-electron chi connectivity index (χ1n) is 14.8. The molecule has 4 rings (SSSR count). The lowest BCUT2D eigenvalue weighted by Gasteiger charge is -2.52. The normalized spacial score (nSPS) is 22.4. The first-order chi connectivity index (χ1) is 18.9. The Bertz CT molecular complexity index is 976. The molecule has 0 bridgehead atoms. The highest BCUT2D eigenvalue weighted by atomic mass is 35.5. The molecule has 2 heterocycles. The van der Waals surface area contributed by atoms with Crippen LogP contribution in [0.5, 0.6) is 5.75 Å². The largest absolute Gasteiger partial charge is 0.494 e. The maximum absolute atomic E-state index is 13.7. The van der Waals surface area contributed by atoms with Crippen LogP contribution in [0.4, 0.5) is 0 Å². The van der Waals surface area contributed by atoms with Crippen LogP contribution in [0.25, 0.3) is 0 Å². The molecule has 1 saturated carbocycles. The van der Waals surface area contributed by atoms with E-state index in [2.05, 4.69) is 17.1 Å². The van der Waals surface area contributed by atoms with Crippen LogP contribution >= 0.6 is 12.4 Å². The number of carboxylic acids is 1. The van der Waals surface area contributed by atoms with Crippen molar-refractivity contribution >= 4 is 30.2 Å². The summed E-state index contributed by atoms with van der Waals surface area (Å²) in [6.45, 7) is 5.59. The molecule has 40 heavy (non-hydrogen) atoms. The average Bonchev–Trinajstić information content (AvgIpc) is 2.96. The summed E-state index contributed by atoms with van der Waals surface area (Å²) in [6, 6.07) is 5.59. The Hall–Kier alpha value is -2.36. The lowest BCUT2D eigenvalue weighted by atomic mass is 9.78. The SMILES string of the molecule is CCCCN1C(=O)[C@@H]([C@H](O)C2CCCCC2)NC(=O)C12CCN(CCCCOc1ccc(C(=O)O)cc1)CC2.Cl. The number of carbonyl (C=O) groups is 3. The molecule has 3 aliphatic rings. The molecule has 1 aromatic carbocycles. The fourth-order valence-electron chi connectivity index (χ4n) is 6.42. The molecular formula is C30H46ClN3O6. The summed E-state index contributed by atoms with van der Waals surface area (Å²) in [5.41, 5.74) is -0.584. The number of aliphatic hydroxyl groups excluding tert-OH is 1. The fraction of sp³-hybridized carbons (Fsp3) is 0.700. The van der Waals surface area contributed by atoms with Crippen molar-refractivity contribution in [3.8, 4) is 5.75 Å². The van der Waals surface area contributed by atoms with Crippen molar-refractivity contribution in [1.29, 1.82) is 0 Å². The van der Waals surface area contributed by atoms with Crippen LogP contribution in [0.2, 0.25) is 0 Å². The highest BCUT2D eigenvalue weighted by Crippen LogP contribution is 2.36. The zero-order valence-corrected chi connectivity index (χ0v) is 24.5. The standard InChI is InChI=1S/C30H45N3O6.ClH/c1-2-3-18-33-27(35)25(26(34)22-9-5-4-6-10-22)31-29(38)30(33)15-19-32(20-16-30)17-7-8-21-39-24-13-11-23(12-14-24)28(36)37;/h11-14,22,25-26,34H,2-10,15-21H2,1H3,(H,31,38)(H,36,37);1H/t25-,26-;/m1./s1. The minimum absolute atomic E-state index is 0. The number of rotatable bonds is 12. The Morgan fingerprint density at radius 3 is 2.35 bits per heavy atom. The van der Waals surface area contributed by atoms with Crippen LogP contribution in [-0.2, 0) is 9.59 Å². The number of nitrogens with one attached hydrogen (secondary N) is 1. The van der Waals surface area contributed by atoms with Crippen molar-refractivity contribution < 1.29 is 29.3 Å². The quantitative estimate of drug-likeness (QED) is 0.322. The number of piperazine rings is 1. The Labute approximate surface area is 244 Å². The molecule has 10 heteroatoms. The summed E-state index contributed by atoms with van der Waals surface area (Å²) in [5, 5.41) is 23.1. The maximum atomic E-state index is 13.7. The number of carbonyl (C=O) groups excluding carboxylic acids is 2. The van der Waals surface area contributed by atoms with Gasteiger partial charge in [0, 0.05) is 19.6 Å². The van der Waals surface area contributed by atoms with Gasteiger partial charge < -0.3 is 30.1 Å². The maximum Gasteiger partial charge on any atom is 0.335 e. The van der Waals surface area contributed by atoms with Crippen molar-refractivity contribution in [2.24, 2.45) is 5.92 Å². The molecule has 0 radical (unpaired) electrons. The number of halogens is 1. The van der Waals surface area contributed by atoms with Crippen LogP contribution in [0, 0.1) is 5.92 Å². The third kappa shape index (κ3) is 7.47. The lowest BCUT2D eigenvalue weighted by molar-refractivity contribution is -0.165. The van der Waals surface area contributed by atoms with E-state index in [1.165, 1.54) is 18.6 Å². The fourth-order valence-corrected chi connectivity index (χ4v) is 6.42.